The van der Waals surface area contributed by atoms with E-state index in [4.69, 9.17) is 0 Å². The molecular weight excluding hydrogens is 627 g/mol. The fourth-order valence-corrected chi connectivity index (χ4v) is 8.23. The molecule has 8 aromatic carbocycles. The molecular formula is C51H39N. The lowest BCUT2D eigenvalue weighted by Gasteiger charge is -2.31. The van der Waals surface area contributed by atoms with Crippen LogP contribution < -0.4 is 4.90 Å². The molecule has 0 amide bonds. The van der Waals surface area contributed by atoms with Gasteiger partial charge >= 0.3 is 0 Å². The molecule has 248 valence electrons. The molecule has 1 aliphatic rings. The van der Waals surface area contributed by atoms with Crippen LogP contribution in [0.1, 0.15) is 25.0 Å². The van der Waals surface area contributed by atoms with Crippen molar-refractivity contribution >= 4 is 17.1 Å². The number of nitrogens with zero attached hydrogens (tertiary/aromatic N) is 1. The van der Waals surface area contributed by atoms with Crippen LogP contribution in [0.2, 0.25) is 0 Å². The minimum atomic E-state index is -0.122. The van der Waals surface area contributed by atoms with E-state index >= 15 is 0 Å². The van der Waals surface area contributed by atoms with Crippen molar-refractivity contribution in [3.05, 3.63) is 211 Å². The highest BCUT2D eigenvalue weighted by atomic mass is 15.1. The minimum Gasteiger partial charge on any atom is -0.310 e. The van der Waals surface area contributed by atoms with Crippen LogP contribution >= 0.6 is 0 Å². The fraction of sp³-hybridized carbons (Fsp3) is 0.0588. The van der Waals surface area contributed by atoms with E-state index in [9.17, 15) is 0 Å². The summed E-state index contributed by atoms with van der Waals surface area (Å²) in [4.78, 5) is 2.46. The Labute approximate surface area is 307 Å². The Morgan fingerprint density at radius 2 is 0.808 bits per heavy atom. The largest absolute Gasteiger partial charge is 0.310 e. The molecule has 0 aliphatic heterocycles. The maximum absolute atomic E-state index is 2.46. The summed E-state index contributed by atoms with van der Waals surface area (Å²) in [6.45, 7) is 4.72. The van der Waals surface area contributed by atoms with Crippen LogP contribution in [-0.4, -0.2) is 0 Å². The maximum atomic E-state index is 2.46. The predicted molar refractivity (Wildman–Crippen MR) is 220 cm³/mol. The highest BCUT2D eigenvalue weighted by Crippen LogP contribution is 2.53. The van der Waals surface area contributed by atoms with Gasteiger partial charge in [-0.15, -0.1) is 0 Å². The number of hydrogen-bond donors (Lipinski definition) is 0. The van der Waals surface area contributed by atoms with Gasteiger partial charge in [-0.05, 0) is 91.5 Å². The van der Waals surface area contributed by atoms with Crippen molar-refractivity contribution in [2.45, 2.75) is 19.3 Å². The monoisotopic (exact) mass is 665 g/mol. The first-order chi connectivity index (χ1) is 25.6. The average molecular weight is 666 g/mol. The van der Waals surface area contributed by atoms with Crippen LogP contribution in [0.15, 0.2) is 200 Å². The molecule has 0 aromatic heterocycles. The first-order valence-corrected chi connectivity index (χ1v) is 18.1. The first-order valence-electron chi connectivity index (χ1n) is 18.1. The summed E-state index contributed by atoms with van der Waals surface area (Å²) in [7, 11) is 0. The second kappa shape index (κ2) is 13.0. The normalized spacial score (nSPS) is 12.6. The molecule has 0 unspecified atom stereocenters. The van der Waals surface area contributed by atoms with E-state index in [-0.39, 0.29) is 5.41 Å². The highest BCUT2D eigenvalue weighted by Gasteiger charge is 2.36. The van der Waals surface area contributed by atoms with Gasteiger partial charge in [0.05, 0.1) is 5.69 Å². The van der Waals surface area contributed by atoms with E-state index in [0.717, 1.165) is 17.1 Å². The second-order valence-electron chi connectivity index (χ2n) is 14.1. The van der Waals surface area contributed by atoms with Gasteiger partial charge in [0.25, 0.3) is 0 Å². The number of hydrogen-bond acceptors (Lipinski definition) is 1. The van der Waals surface area contributed by atoms with Crippen molar-refractivity contribution < 1.29 is 0 Å². The summed E-state index contributed by atoms with van der Waals surface area (Å²) in [5.74, 6) is 0. The summed E-state index contributed by atoms with van der Waals surface area (Å²) < 4.78 is 0. The molecule has 0 radical (unpaired) electrons. The van der Waals surface area contributed by atoms with Crippen LogP contribution in [0.25, 0.3) is 55.6 Å². The van der Waals surface area contributed by atoms with Crippen LogP contribution in [0.3, 0.4) is 0 Å². The molecule has 0 atom stereocenters. The van der Waals surface area contributed by atoms with Crippen LogP contribution in [0, 0.1) is 0 Å². The van der Waals surface area contributed by atoms with E-state index < -0.39 is 0 Å². The van der Waals surface area contributed by atoms with Gasteiger partial charge in [0.1, 0.15) is 0 Å². The SMILES string of the molecule is CC1(C)c2ccccc2-c2ccc(N(c3ccccc3)c3cccc(-c4ccccc4-c4ccccc4)c3-c3ccccc3-c3ccccc3)cc21. The Kier molecular flexibility index (Phi) is 7.90. The summed E-state index contributed by atoms with van der Waals surface area (Å²) in [5, 5.41) is 0. The molecule has 0 bridgehead atoms. The van der Waals surface area contributed by atoms with Gasteiger partial charge in [-0.25, -0.2) is 0 Å². The van der Waals surface area contributed by atoms with E-state index in [1.807, 2.05) is 0 Å². The smallest absolute Gasteiger partial charge is 0.0546 e. The van der Waals surface area contributed by atoms with Gasteiger partial charge in [-0.3, -0.25) is 0 Å². The predicted octanol–water partition coefficient (Wildman–Crippen LogP) is 14.1. The van der Waals surface area contributed by atoms with Gasteiger partial charge < -0.3 is 4.90 Å². The number of anilines is 3. The molecule has 0 spiro atoms. The van der Waals surface area contributed by atoms with Crippen LogP contribution in [0.5, 0.6) is 0 Å². The molecule has 0 saturated heterocycles. The van der Waals surface area contributed by atoms with Crippen molar-refractivity contribution in [2.24, 2.45) is 0 Å². The molecule has 1 nitrogen and oxygen atoms in total. The molecule has 0 heterocycles. The zero-order valence-corrected chi connectivity index (χ0v) is 29.5. The van der Waals surface area contributed by atoms with E-state index in [1.165, 1.54) is 66.8 Å². The Hall–Kier alpha value is -6.44. The van der Waals surface area contributed by atoms with Crippen molar-refractivity contribution in [2.75, 3.05) is 4.90 Å². The van der Waals surface area contributed by atoms with Gasteiger partial charge in [0.2, 0.25) is 0 Å². The minimum absolute atomic E-state index is 0.122. The van der Waals surface area contributed by atoms with Gasteiger partial charge in [0.15, 0.2) is 0 Å². The third kappa shape index (κ3) is 5.34. The zero-order valence-electron chi connectivity index (χ0n) is 29.5. The van der Waals surface area contributed by atoms with Crippen molar-refractivity contribution in [3.8, 4) is 55.6 Å². The Bertz CT molecular complexity index is 2530. The molecule has 8 aromatic rings. The van der Waals surface area contributed by atoms with Crippen molar-refractivity contribution in [3.63, 3.8) is 0 Å². The number of fused-ring (bicyclic) bond motifs is 3. The Morgan fingerprint density at radius 3 is 1.46 bits per heavy atom. The molecule has 9 rings (SSSR count). The summed E-state index contributed by atoms with van der Waals surface area (Å²) >= 11 is 0. The topological polar surface area (TPSA) is 3.24 Å². The summed E-state index contributed by atoms with van der Waals surface area (Å²) in [5.41, 5.74) is 18.2. The third-order valence-corrected chi connectivity index (χ3v) is 10.7. The molecule has 1 heteroatoms. The first kappa shape index (κ1) is 31.5. The summed E-state index contributed by atoms with van der Waals surface area (Å²) in [6.07, 6.45) is 0. The third-order valence-electron chi connectivity index (χ3n) is 10.7. The zero-order chi connectivity index (χ0) is 35.1. The summed E-state index contributed by atoms with van der Waals surface area (Å²) in [6, 6.07) is 72.9. The van der Waals surface area contributed by atoms with Crippen LogP contribution in [-0.2, 0) is 5.41 Å². The maximum Gasteiger partial charge on any atom is 0.0546 e. The lowest BCUT2D eigenvalue weighted by Crippen LogP contribution is -2.17. The molecule has 0 saturated carbocycles. The molecule has 0 N–H and O–H groups in total. The van der Waals surface area contributed by atoms with Gasteiger partial charge in [-0.1, -0.05) is 184 Å². The Morgan fingerprint density at radius 1 is 0.327 bits per heavy atom. The van der Waals surface area contributed by atoms with Crippen molar-refractivity contribution in [1.82, 2.24) is 0 Å². The lowest BCUT2D eigenvalue weighted by molar-refractivity contribution is 0.660. The molecule has 1 aliphatic carbocycles. The number of benzene rings is 8. The Balaban J connectivity index is 1.35. The van der Waals surface area contributed by atoms with Crippen molar-refractivity contribution in [1.29, 1.82) is 0 Å². The van der Waals surface area contributed by atoms with Gasteiger partial charge in [0, 0.05) is 22.4 Å². The lowest BCUT2D eigenvalue weighted by atomic mass is 9.82. The second-order valence-corrected chi connectivity index (χ2v) is 14.1. The van der Waals surface area contributed by atoms with E-state index in [2.05, 4.69) is 219 Å². The van der Waals surface area contributed by atoms with Gasteiger partial charge in [-0.2, -0.15) is 0 Å². The standard InChI is InChI=1S/C51H39N/c1-51(2)47-31-17-16-28-43(47)44-34-33-39(35-48(44)51)52(38-23-10-5-11-24-38)49-32-18-30-46(42-27-14-12-25-40(42)36-19-6-3-7-20-36)50(49)45-29-15-13-26-41(45)37-21-8-4-9-22-37/h3-35H,1-2H3. The molecule has 0 fully saturated rings. The number of rotatable bonds is 7. The fourth-order valence-electron chi connectivity index (χ4n) is 8.23. The average Bonchev–Trinajstić information content (AvgIpc) is 3.44. The van der Waals surface area contributed by atoms with E-state index in [1.54, 1.807) is 0 Å². The quantitative estimate of drug-likeness (QED) is 0.164. The molecule has 52 heavy (non-hydrogen) atoms. The van der Waals surface area contributed by atoms with Crippen LogP contribution in [0.4, 0.5) is 17.1 Å². The number of para-hydroxylation sites is 1. The van der Waals surface area contributed by atoms with E-state index in [0.29, 0.717) is 0 Å². The highest BCUT2D eigenvalue weighted by molar-refractivity contribution is 6.03.